The summed E-state index contributed by atoms with van der Waals surface area (Å²) in [7, 11) is 1.51. The van der Waals surface area contributed by atoms with Crippen molar-refractivity contribution in [3.8, 4) is 5.75 Å². The van der Waals surface area contributed by atoms with Crippen LogP contribution in [0, 0.1) is 5.82 Å². The van der Waals surface area contributed by atoms with E-state index in [4.69, 9.17) is 9.47 Å². The highest BCUT2D eigenvalue weighted by molar-refractivity contribution is 5.93. The topological polar surface area (TPSA) is 83.9 Å². The maximum atomic E-state index is 14.8. The van der Waals surface area contributed by atoms with Gasteiger partial charge in [0.1, 0.15) is 17.2 Å². The summed E-state index contributed by atoms with van der Waals surface area (Å²) < 4.78 is 52.4. The number of halogens is 3. The molecule has 1 amide bonds. The van der Waals surface area contributed by atoms with Gasteiger partial charge in [-0.15, -0.1) is 0 Å². The molecule has 10 heteroatoms. The Labute approximate surface area is 225 Å². The third kappa shape index (κ3) is 6.06. The molecular weight excluding hydrogens is 511 g/mol. The van der Waals surface area contributed by atoms with Gasteiger partial charge < -0.3 is 24.8 Å². The van der Waals surface area contributed by atoms with Crippen LogP contribution in [0.25, 0.3) is 10.9 Å². The van der Waals surface area contributed by atoms with Crippen molar-refractivity contribution in [3.05, 3.63) is 65.1 Å². The third-order valence-electron chi connectivity index (χ3n) is 6.94. The molecule has 2 aromatic carbocycles. The number of hydrogen-bond acceptors (Lipinski definition) is 6. The van der Waals surface area contributed by atoms with Gasteiger partial charge in [0.15, 0.2) is 0 Å². The zero-order chi connectivity index (χ0) is 28.5. The molecule has 0 saturated carbocycles. The molecule has 1 fully saturated rings. The smallest absolute Gasteiger partial charge is 0.410 e. The zero-order valence-corrected chi connectivity index (χ0v) is 22.7. The Morgan fingerprint density at radius 2 is 1.82 bits per heavy atom. The maximum absolute atomic E-state index is 14.8. The van der Waals surface area contributed by atoms with Gasteiger partial charge in [-0.3, -0.25) is 4.98 Å². The predicted octanol–water partition coefficient (Wildman–Crippen LogP) is 6.71. The molecule has 1 aliphatic rings. The summed E-state index contributed by atoms with van der Waals surface area (Å²) in [4.78, 5) is 18.5. The van der Waals surface area contributed by atoms with E-state index in [1.165, 1.54) is 19.2 Å². The number of piperidine rings is 1. The SMILES string of the molecule is COc1cc2nccc(N[C@H](C)c3cccc(C(F)F)c3F)c2cc1C1(O)CCN(C(=O)OC(C)(C)C)CC1. The first kappa shape index (κ1) is 28.5. The van der Waals surface area contributed by atoms with Crippen LogP contribution in [0.3, 0.4) is 0 Å². The maximum Gasteiger partial charge on any atom is 0.410 e. The largest absolute Gasteiger partial charge is 0.496 e. The van der Waals surface area contributed by atoms with Gasteiger partial charge in [0, 0.05) is 47.6 Å². The van der Waals surface area contributed by atoms with Crippen LogP contribution < -0.4 is 10.1 Å². The molecule has 210 valence electrons. The molecule has 0 radical (unpaired) electrons. The second-order valence-electron chi connectivity index (χ2n) is 10.8. The molecule has 1 aliphatic heterocycles. The molecule has 3 aromatic rings. The number of ether oxygens (including phenoxy) is 2. The van der Waals surface area contributed by atoms with E-state index in [1.807, 2.05) is 0 Å². The first-order valence-corrected chi connectivity index (χ1v) is 12.8. The average Bonchev–Trinajstić information content (AvgIpc) is 2.87. The Morgan fingerprint density at radius 3 is 2.44 bits per heavy atom. The van der Waals surface area contributed by atoms with E-state index in [1.54, 1.807) is 57.0 Å². The fourth-order valence-electron chi connectivity index (χ4n) is 4.87. The number of benzene rings is 2. The van der Waals surface area contributed by atoms with E-state index >= 15 is 0 Å². The van der Waals surface area contributed by atoms with Crippen LogP contribution in [0.1, 0.15) is 69.7 Å². The van der Waals surface area contributed by atoms with Crippen molar-refractivity contribution in [3.63, 3.8) is 0 Å². The number of anilines is 1. The predicted molar refractivity (Wildman–Crippen MR) is 143 cm³/mol. The van der Waals surface area contributed by atoms with Crippen molar-refractivity contribution in [1.29, 1.82) is 0 Å². The molecule has 1 atom stereocenters. The molecule has 7 nitrogen and oxygen atoms in total. The van der Waals surface area contributed by atoms with Crippen molar-refractivity contribution in [1.82, 2.24) is 9.88 Å². The summed E-state index contributed by atoms with van der Waals surface area (Å²) in [5.41, 5.74) is -0.737. The highest BCUT2D eigenvalue weighted by Crippen LogP contribution is 2.42. The molecule has 2 N–H and O–H groups in total. The number of alkyl halides is 2. The molecule has 1 aromatic heterocycles. The summed E-state index contributed by atoms with van der Waals surface area (Å²) in [5.74, 6) is -0.497. The quantitative estimate of drug-likeness (QED) is 0.358. The van der Waals surface area contributed by atoms with E-state index in [9.17, 15) is 23.1 Å². The van der Waals surface area contributed by atoms with Gasteiger partial charge in [0.25, 0.3) is 6.43 Å². The minimum Gasteiger partial charge on any atom is -0.496 e. The highest BCUT2D eigenvalue weighted by Gasteiger charge is 2.39. The Morgan fingerprint density at radius 1 is 1.15 bits per heavy atom. The molecule has 0 unspecified atom stereocenters. The molecule has 0 aliphatic carbocycles. The van der Waals surface area contributed by atoms with E-state index in [-0.39, 0.29) is 18.4 Å². The number of carbonyl (C=O) groups excluding carboxylic acids is 1. The van der Waals surface area contributed by atoms with Crippen molar-refractivity contribution < 1.29 is 32.5 Å². The Hall–Kier alpha value is -3.53. The van der Waals surface area contributed by atoms with Crippen LogP contribution in [0.5, 0.6) is 5.75 Å². The van der Waals surface area contributed by atoms with Crippen LogP contribution in [-0.2, 0) is 10.3 Å². The number of nitrogens with zero attached hydrogens (tertiary/aromatic N) is 2. The number of aliphatic hydroxyl groups is 1. The normalized spacial score (nSPS) is 16.3. The number of carbonyl (C=O) groups is 1. The van der Waals surface area contributed by atoms with Gasteiger partial charge >= 0.3 is 6.09 Å². The molecule has 0 bridgehead atoms. The monoisotopic (exact) mass is 545 g/mol. The van der Waals surface area contributed by atoms with Gasteiger partial charge in [-0.1, -0.05) is 18.2 Å². The first-order valence-electron chi connectivity index (χ1n) is 12.8. The number of methoxy groups -OCH3 is 1. The van der Waals surface area contributed by atoms with E-state index in [0.29, 0.717) is 41.0 Å². The minimum atomic E-state index is -2.92. The first-order chi connectivity index (χ1) is 18.3. The standard InChI is InChI=1S/C29H34F3N3O4/c1-17(18-7-6-8-19(25(18)30)26(31)32)34-22-9-12-33-23-16-24(38-5)21(15-20(22)23)29(37)10-13-35(14-11-29)27(36)39-28(2,3)4/h6-9,12,15-17,26,37H,10-11,13-14H2,1-5H3,(H,33,34)/t17-/m1/s1. The van der Waals surface area contributed by atoms with Gasteiger partial charge in [-0.05, 0) is 52.7 Å². The summed E-state index contributed by atoms with van der Waals surface area (Å²) in [6, 6.07) is 8.52. The van der Waals surface area contributed by atoms with E-state index in [0.717, 1.165) is 6.07 Å². The summed E-state index contributed by atoms with van der Waals surface area (Å²) in [6.07, 6.45) is -1.24. The van der Waals surface area contributed by atoms with Gasteiger partial charge in [-0.2, -0.15) is 0 Å². The highest BCUT2D eigenvalue weighted by atomic mass is 19.3. The van der Waals surface area contributed by atoms with Crippen molar-refractivity contribution in [2.24, 2.45) is 0 Å². The lowest BCUT2D eigenvalue weighted by molar-refractivity contribution is -0.0366. The number of pyridine rings is 1. The number of fused-ring (bicyclic) bond motifs is 1. The van der Waals surface area contributed by atoms with Crippen molar-refractivity contribution in [2.75, 3.05) is 25.5 Å². The minimum absolute atomic E-state index is 0.111. The fourth-order valence-corrected chi connectivity index (χ4v) is 4.87. The van der Waals surface area contributed by atoms with Crippen LogP contribution in [0.2, 0.25) is 0 Å². The third-order valence-corrected chi connectivity index (χ3v) is 6.94. The Balaban J connectivity index is 1.64. The number of aromatic nitrogens is 1. The van der Waals surface area contributed by atoms with Crippen LogP contribution >= 0.6 is 0 Å². The van der Waals surface area contributed by atoms with Crippen LogP contribution in [0.15, 0.2) is 42.6 Å². The van der Waals surface area contributed by atoms with E-state index < -0.39 is 41.1 Å². The molecular formula is C29H34F3N3O4. The van der Waals surface area contributed by atoms with Gasteiger partial charge in [0.05, 0.1) is 29.8 Å². The lowest BCUT2D eigenvalue weighted by atomic mass is 9.83. The Bertz CT molecular complexity index is 1350. The van der Waals surface area contributed by atoms with Crippen molar-refractivity contribution in [2.45, 2.75) is 64.2 Å². The molecule has 39 heavy (non-hydrogen) atoms. The number of amides is 1. The lowest BCUT2D eigenvalue weighted by Crippen LogP contribution is -2.46. The molecule has 1 saturated heterocycles. The van der Waals surface area contributed by atoms with Crippen LogP contribution in [0.4, 0.5) is 23.7 Å². The summed E-state index contributed by atoms with van der Waals surface area (Å²) >= 11 is 0. The lowest BCUT2D eigenvalue weighted by Gasteiger charge is -2.39. The fraction of sp³-hybridized carbons (Fsp3) is 0.448. The number of rotatable bonds is 6. The summed E-state index contributed by atoms with van der Waals surface area (Å²) in [5, 5.41) is 15.6. The molecule has 2 heterocycles. The molecule has 0 spiro atoms. The van der Waals surface area contributed by atoms with Gasteiger partial charge in [-0.25, -0.2) is 18.0 Å². The molecule has 4 rings (SSSR count). The second-order valence-corrected chi connectivity index (χ2v) is 10.8. The number of hydrogen-bond donors (Lipinski definition) is 2. The van der Waals surface area contributed by atoms with Crippen molar-refractivity contribution >= 4 is 22.7 Å². The van der Waals surface area contributed by atoms with E-state index in [2.05, 4.69) is 10.3 Å². The summed E-state index contributed by atoms with van der Waals surface area (Å²) in [6.45, 7) is 7.67. The van der Waals surface area contributed by atoms with Crippen LogP contribution in [-0.4, -0.2) is 46.9 Å². The number of likely N-dealkylation sites (tertiary alicyclic amines) is 1. The van der Waals surface area contributed by atoms with Gasteiger partial charge in [0.2, 0.25) is 0 Å². The zero-order valence-electron chi connectivity index (χ0n) is 22.7. The average molecular weight is 546 g/mol. The second kappa shape index (κ2) is 10.9. The Kier molecular flexibility index (Phi) is 7.97. The number of nitrogens with one attached hydrogen (secondary N) is 1.